The van der Waals surface area contributed by atoms with E-state index >= 15 is 0 Å². The predicted octanol–water partition coefficient (Wildman–Crippen LogP) is 3.65. The number of hydrogen-bond donors (Lipinski definition) is 0. The van der Waals surface area contributed by atoms with E-state index < -0.39 is 0 Å². The lowest BCUT2D eigenvalue weighted by molar-refractivity contribution is 0.324. The normalized spacial score (nSPS) is 10.9. The monoisotopic (exact) mass is 454 g/mol. The third kappa shape index (κ3) is 4.11. The van der Waals surface area contributed by atoms with Gasteiger partial charge in [-0.2, -0.15) is 4.68 Å². The van der Waals surface area contributed by atoms with E-state index in [-0.39, 0.29) is 0 Å². The molecule has 0 aliphatic carbocycles. The second kappa shape index (κ2) is 9.27. The predicted molar refractivity (Wildman–Crippen MR) is 118 cm³/mol. The Kier molecular flexibility index (Phi) is 6.26. The number of nitrogens with zero attached hydrogens (tertiary/aromatic N) is 6. The summed E-state index contributed by atoms with van der Waals surface area (Å²) in [5.41, 5.74) is 3.79. The highest BCUT2D eigenvalue weighted by molar-refractivity contribution is 7.98. The zero-order chi connectivity index (χ0) is 22.7. The number of aryl methyl sites for hydroxylation is 2. The number of tetrazole rings is 1. The summed E-state index contributed by atoms with van der Waals surface area (Å²) in [4.78, 5) is 0. The first kappa shape index (κ1) is 21.6. The smallest absolute Gasteiger partial charge is 0.248 e. The van der Waals surface area contributed by atoms with Crippen LogP contribution in [0.2, 0.25) is 0 Å². The van der Waals surface area contributed by atoms with E-state index in [9.17, 15) is 0 Å². The lowest BCUT2D eigenvalue weighted by atomic mass is 10.1. The standard InChI is InChI=1S/C21H22N6O4S/c1-12-7-6-8-13(2)18(12)27-21(24-25-26-27)32-11-17-22-23-20(31-17)14-9-15(28-3)19(30-5)16(10-14)29-4/h6-10H,11H2,1-5H3. The first-order valence-corrected chi connectivity index (χ1v) is 10.6. The molecule has 0 aliphatic rings. The third-order valence-electron chi connectivity index (χ3n) is 4.80. The SMILES string of the molecule is COc1cc(-c2nnc(CSc3nnnn3-c3c(C)cccc3C)o2)cc(OC)c1OC. The van der Waals surface area contributed by atoms with Crippen molar-refractivity contribution < 1.29 is 18.6 Å². The van der Waals surface area contributed by atoms with E-state index in [1.807, 2.05) is 32.0 Å². The van der Waals surface area contributed by atoms with E-state index in [2.05, 4.69) is 25.7 Å². The van der Waals surface area contributed by atoms with Crippen LogP contribution in [-0.4, -0.2) is 51.7 Å². The molecule has 0 saturated heterocycles. The third-order valence-corrected chi connectivity index (χ3v) is 5.70. The van der Waals surface area contributed by atoms with Gasteiger partial charge in [0.15, 0.2) is 11.5 Å². The van der Waals surface area contributed by atoms with Crippen molar-refractivity contribution in [3.05, 3.63) is 47.3 Å². The Bertz CT molecular complexity index is 1190. The van der Waals surface area contributed by atoms with Gasteiger partial charge in [-0.3, -0.25) is 0 Å². The molecule has 0 N–H and O–H groups in total. The molecule has 2 aromatic carbocycles. The minimum Gasteiger partial charge on any atom is -0.493 e. The molecule has 0 fully saturated rings. The number of benzene rings is 2. The summed E-state index contributed by atoms with van der Waals surface area (Å²) in [7, 11) is 4.66. The lowest BCUT2D eigenvalue weighted by Gasteiger charge is -2.12. The molecular formula is C21H22N6O4S. The molecule has 0 amide bonds. The molecule has 4 rings (SSSR count). The van der Waals surface area contributed by atoms with E-state index in [0.717, 1.165) is 16.8 Å². The maximum Gasteiger partial charge on any atom is 0.248 e. The van der Waals surface area contributed by atoms with Gasteiger partial charge in [0.05, 0.1) is 32.8 Å². The van der Waals surface area contributed by atoms with Gasteiger partial charge < -0.3 is 18.6 Å². The van der Waals surface area contributed by atoms with Crippen molar-refractivity contribution >= 4 is 11.8 Å². The minimum absolute atomic E-state index is 0.342. The van der Waals surface area contributed by atoms with E-state index in [0.29, 0.717) is 45.5 Å². The summed E-state index contributed by atoms with van der Waals surface area (Å²) in [6.07, 6.45) is 0. The van der Waals surface area contributed by atoms with E-state index in [1.165, 1.54) is 11.8 Å². The fourth-order valence-corrected chi connectivity index (χ4v) is 4.02. The lowest BCUT2D eigenvalue weighted by Crippen LogP contribution is -2.04. The molecule has 0 radical (unpaired) electrons. The molecule has 0 unspecified atom stereocenters. The molecule has 0 spiro atoms. The van der Waals surface area contributed by atoms with Crippen LogP contribution in [0, 0.1) is 13.8 Å². The molecule has 32 heavy (non-hydrogen) atoms. The molecule has 2 heterocycles. The number of ether oxygens (including phenoxy) is 3. The largest absolute Gasteiger partial charge is 0.493 e. The van der Waals surface area contributed by atoms with Gasteiger partial charge in [-0.05, 0) is 47.5 Å². The Morgan fingerprint density at radius 3 is 2.25 bits per heavy atom. The van der Waals surface area contributed by atoms with Gasteiger partial charge >= 0.3 is 0 Å². The Morgan fingerprint density at radius 2 is 1.62 bits per heavy atom. The van der Waals surface area contributed by atoms with Crippen LogP contribution in [0.1, 0.15) is 17.0 Å². The van der Waals surface area contributed by atoms with Crippen LogP contribution >= 0.6 is 11.8 Å². The van der Waals surface area contributed by atoms with Crippen LogP contribution in [0.4, 0.5) is 0 Å². The molecule has 10 nitrogen and oxygen atoms in total. The fourth-order valence-electron chi connectivity index (χ4n) is 3.31. The minimum atomic E-state index is 0.342. The molecule has 0 atom stereocenters. The molecular weight excluding hydrogens is 432 g/mol. The molecule has 0 aliphatic heterocycles. The van der Waals surface area contributed by atoms with Gasteiger partial charge in [-0.15, -0.1) is 15.3 Å². The molecule has 2 aromatic heterocycles. The summed E-state index contributed by atoms with van der Waals surface area (Å²) in [5.74, 6) is 2.69. The summed E-state index contributed by atoms with van der Waals surface area (Å²) in [6.45, 7) is 4.06. The number of methoxy groups -OCH3 is 3. The Balaban J connectivity index is 1.56. The van der Waals surface area contributed by atoms with Crippen molar-refractivity contribution in [1.82, 2.24) is 30.4 Å². The number of para-hydroxylation sites is 1. The quantitative estimate of drug-likeness (QED) is 0.366. The van der Waals surface area contributed by atoms with E-state index in [4.69, 9.17) is 18.6 Å². The van der Waals surface area contributed by atoms with Crippen molar-refractivity contribution in [3.63, 3.8) is 0 Å². The zero-order valence-corrected chi connectivity index (χ0v) is 19.1. The van der Waals surface area contributed by atoms with Gasteiger partial charge in [0.25, 0.3) is 0 Å². The average molecular weight is 455 g/mol. The van der Waals surface area contributed by atoms with Crippen molar-refractivity contribution in [2.75, 3.05) is 21.3 Å². The molecule has 0 bridgehead atoms. The van der Waals surface area contributed by atoms with Gasteiger partial charge in [0.2, 0.25) is 22.7 Å². The number of rotatable bonds is 8. The van der Waals surface area contributed by atoms with Crippen LogP contribution in [0.3, 0.4) is 0 Å². The second-order valence-corrected chi connectivity index (χ2v) is 7.76. The Hall–Kier alpha value is -3.60. The van der Waals surface area contributed by atoms with Crippen LogP contribution < -0.4 is 14.2 Å². The highest BCUT2D eigenvalue weighted by Gasteiger charge is 2.19. The summed E-state index contributed by atoms with van der Waals surface area (Å²) in [5, 5.41) is 21.1. The first-order chi connectivity index (χ1) is 15.5. The molecule has 0 saturated carbocycles. The van der Waals surface area contributed by atoms with Gasteiger partial charge in [0, 0.05) is 5.56 Å². The average Bonchev–Trinajstić information content (AvgIpc) is 3.46. The van der Waals surface area contributed by atoms with Crippen LogP contribution in [0.5, 0.6) is 17.2 Å². The number of aromatic nitrogens is 6. The zero-order valence-electron chi connectivity index (χ0n) is 18.3. The number of thioether (sulfide) groups is 1. The number of hydrogen-bond acceptors (Lipinski definition) is 10. The van der Waals surface area contributed by atoms with Gasteiger partial charge in [-0.25, -0.2) is 0 Å². The van der Waals surface area contributed by atoms with Gasteiger partial charge in [-0.1, -0.05) is 30.0 Å². The summed E-state index contributed by atoms with van der Waals surface area (Å²) < 4.78 is 23.7. The fraction of sp³-hybridized carbons (Fsp3) is 0.286. The van der Waals surface area contributed by atoms with Crippen molar-refractivity contribution in [2.45, 2.75) is 24.8 Å². The first-order valence-electron chi connectivity index (χ1n) is 9.66. The van der Waals surface area contributed by atoms with Crippen molar-refractivity contribution in [3.8, 4) is 34.4 Å². The maximum atomic E-state index is 5.86. The van der Waals surface area contributed by atoms with E-state index in [1.54, 1.807) is 38.1 Å². The summed E-state index contributed by atoms with van der Waals surface area (Å²) >= 11 is 1.41. The second-order valence-electron chi connectivity index (χ2n) is 6.82. The molecule has 166 valence electrons. The van der Waals surface area contributed by atoms with Crippen molar-refractivity contribution in [1.29, 1.82) is 0 Å². The van der Waals surface area contributed by atoms with Crippen LogP contribution in [-0.2, 0) is 5.75 Å². The van der Waals surface area contributed by atoms with Gasteiger partial charge in [0.1, 0.15) is 0 Å². The Morgan fingerprint density at radius 1 is 0.938 bits per heavy atom. The Labute approximate surface area is 188 Å². The molecule has 4 aromatic rings. The summed E-state index contributed by atoms with van der Waals surface area (Å²) in [6, 6.07) is 9.58. The topological polar surface area (TPSA) is 110 Å². The van der Waals surface area contributed by atoms with Crippen molar-refractivity contribution in [2.24, 2.45) is 0 Å². The highest BCUT2D eigenvalue weighted by Crippen LogP contribution is 2.41. The highest BCUT2D eigenvalue weighted by atomic mass is 32.2. The molecule has 11 heteroatoms. The van der Waals surface area contributed by atoms with Crippen LogP contribution in [0.25, 0.3) is 17.1 Å². The maximum absolute atomic E-state index is 5.86. The van der Waals surface area contributed by atoms with Crippen LogP contribution in [0.15, 0.2) is 39.9 Å².